The Morgan fingerprint density at radius 2 is 2.07 bits per heavy atom. The van der Waals surface area contributed by atoms with Gasteiger partial charge in [0.05, 0.1) is 6.54 Å². The summed E-state index contributed by atoms with van der Waals surface area (Å²) < 4.78 is 29.0. The summed E-state index contributed by atoms with van der Waals surface area (Å²) in [4.78, 5) is 12.4. The highest BCUT2D eigenvalue weighted by molar-refractivity contribution is 5.89. The van der Waals surface area contributed by atoms with Gasteiger partial charge in [-0.3, -0.25) is 14.2 Å². The van der Waals surface area contributed by atoms with Gasteiger partial charge >= 0.3 is 0 Å². The Morgan fingerprint density at radius 3 is 2.79 bits per heavy atom. The minimum atomic E-state index is -2.64. The van der Waals surface area contributed by atoms with E-state index in [2.05, 4.69) is 21.6 Å². The van der Waals surface area contributed by atoms with Crippen LogP contribution in [-0.2, 0) is 17.9 Å². The standard InChI is InChI=1S/C20H21F2N5O/c1-13-3-2-4-14(9-13)11-26-8-7-18(25-26)23-19(28)12-27-17(15-5-6-15)10-16(24-27)20(21)22/h2-4,7-10,15,20H,5-6,11-12H2,1H3,(H,23,25,28). The number of carbonyl (C=O) groups is 1. The summed E-state index contributed by atoms with van der Waals surface area (Å²) in [5, 5.41) is 11.0. The topological polar surface area (TPSA) is 64.7 Å². The number of alkyl halides is 2. The third-order valence-corrected chi connectivity index (χ3v) is 4.68. The lowest BCUT2D eigenvalue weighted by molar-refractivity contribution is -0.117. The molecule has 146 valence electrons. The summed E-state index contributed by atoms with van der Waals surface area (Å²) in [7, 11) is 0. The quantitative estimate of drug-likeness (QED) is 0.671. The number of aryl methyl sites for hydroxylation is 1. The van der Waals surface area contributed by atoms with E-state index >= 15 is 0 Å². The molecule has 8 heteroatoms. The average Bonchev–Trinajstić information content (AvgIpc) is 3.25. The van der Waals surface area contributed by atoms with Gasteiger partial charge in [0, 0.05) is 23.9 Å². The van der Waals surface area contributed by atoms with Crippen LogP contribution in [0.4, 0.5) is 14.6 Å². The van der Waals surface area contributed by atoms with Gasteiger partial charge in [-0.15, -0.1) is 0 Å². The van der Waals surface area contributed by atoms with Gasteiger partial charge in [-0.2, -0.15) is 10.2 Å². The van der Waals surface area contributed by atoms with Gasteiger partial charge < -0.3 is 5.32 Å². The minimum absolute atomic E-state index is 0.108. The highest BCUT2D eigenvalue weighted by Crippen LogP contribution is 2.41. The van der Waals surface area contributed by atoms with Crippen molar-refractivity contribution in [3.8, 4) is 0 Å². The van der Waals surface area contributed by atoms with Gasteiger partial charge in [0.2, 0.25) is 5.91 Å². The second-order valence-corrected chi connectivity index (χ2v) is 7.16. The smallest absolute Gasteiger partial charge is 0.282 e. The zero-order chi connectivity index (χ0) is 19.7. The molecule has 0 spiro atoms. The number of benzene rings is 1. The number of amides is 1. The van der Waals surface area contributed by atoms with Gasteiger partial charge in [0.1, 0.15) is 12.2 Å². The molecule has 1 aliphatic carbocycles. The van der Waals surface area contributed by atoms with E-state index in [0.717, 1.165) is 18.4 Å². The first-order chi connectivity index (χ1) is 13.5. The second kappa shape index (κ2) is 7.53. The van der Waals surface area contributed by atoms with E-state index in [1.54, 1.807) is 16.9 Å². The zero-order valence-electron chi connectivity index (χ0n) is 15.5. The van der Waals surface area contributed by atoms with E-state index in [9.17, 15) is 13.6 Å². The molecule has 2 aromatic heterocycles. The van der Waals surface area contributed by atoms with Crippen molar-refractivity contribution in [3.05, 3.63) is 65.1 Å². The van der Waals surface area contributed by atoms with Crippen LogP contribution in [-0.4, -0.2) is 25.5 Å². The normalized spacial score (nSPS) is 13.9. The van der Waals surface area contributed by atoms with Crippen LogP contribution < -0.4 is 5.32 Å². The van der Waals surface area contributed by atoms with Crippen molar-refractivity contribution in [1.29, 1.82) is 0 Å². The van der Waals surface area contributed by atoms with E-state index in [0.29, 0.717) is 18.1 Å². The molecule has 1 saturated carbocycles. The summed E-state index contributed by atoms with van der Waals surface area (Å²) in [6, 6.07) is 11.2. The van der Waals surface area contributed by atoms with E-state index in [1.807, 2.05) is 25.1 Å². The van der Waals surface area contributed by atoms with Crippen LogP contribution in [0.15, 0.2) is 42.6 Å². The van der Waals surface area contributed by atoms with Crippen LogP contribution in [0.25, 0.3) is 0 Å². The summed E-state index contributed by atoms with van der Waals surface area (Å²) in [5.74, 6) is 0.305. The molecule has 1 fully saturated rings. The van der Waals surface area contributed by atoms with Crippen molar-refractivity contribution in [1.82, 2.24) is 19.6 Å². The lowest BCUT2D eigenvalue weighted by Crippen LogP contribution is -2.21. The molecule has 1 aromatic carbocycles. The number of rotatable bonds is 7. The molecule has 1 N–H and O–H groups in total. The largest absolute Gasteiger partial charge is 0.308 e. The van der Waals surface area contributed by atoms with Crippen molar-refractivity contribution in [3.63, 3.8) is 0 Å². The third-order valence-electron chi connectivity index (χ3n) is 4.68. The number of anilines is 1. The maximum Gasteiger partial charge on any atom is 0.282 e. The number of hydrogen-bond donors (Lipinski definition) is 1. The Kier molecular flexibility index (Phi) is 4.93. The molecule has 2 heterocycles. The summed E-state index contributed by atoms with van der Waals surface area (Å²) in [5.41, 5.74) is 2.71. The summed E-state index contributed by atoms with van der Waals surface area (Å²) in [6.45, 7) is 2.52. The van der Waals surface area contributed by atoms with Crippen molar-refractivity contribution in [2.45, 2.75) is 45.2 Å². The molecule has 6 nitrogen and oxygen atoms in total. The Bertz CT molecular complexity index is 990. The molecule has 0 unspecified atom stereocenters. The average molecular weight is 385 g/mol. The van der Waals surface area contributed by atoms with Gasteiger partial charge in [-0.1, -0.05) is 29.8 Å². The molecule has 3 aromatic rings. The SMILES string of the molecule is Cc1cccc(Cn2ccc(NC(=O)Cn3nc(C(F)F)cc3C3CC3)n2)c1. The van der Waals surface area contributed by atoms with Gasteiger partial charge in [-0.25, -0.2) is 8.78 Å². The summed E-state index contributed by atoms with van der Waals surface area (Å²) >= 11 is 0. The highest BCUT2D eigenvalue weighted by Gasteiger charge is 2.30. The lowest BCUT2D eigenvalue weighted by atomic mass is 10.1. The molecular formula is C20H21F2N5O. The Labute approximate surface area is 161 Å². The molecule has 0 radical (unpaired) electrons. The molecule has 0 saturated heterocycles. The van der Waals surface area contributed by atoms with Gasteiger partial charge in [-0.05, 0) is 31.4 Å². The first-order valence-electron chi connectivity index (χ1n) is 9.22. The number of hydrogen-bond acceptors (Lipinski definition) is 3. The minimum Gasteiger partial charge on any atom is -0.308 e. The van der Waals surface area contributed by atoms with Gasteiger partial charge in [0.25, 0.3) is 6.43 Å². The first-order valence-corrected chi connectivity index (χ1v) is 9.22. The number of nitrogens with one attached hydrogen (secondary N) is 1. The maximum atomic E-state index is 12.9. The van der Waals surface area contributed by atoms with E-state index in [1.165, 1.54) is 16.3 Å². The molecular weight excluding hydrogens is 364 g/mol. The fourth-order valence-corrected chi connectivity index (χ4v) is 3.23. The van der Waals surface area contributed by atoms with Crippen LogP contribution in [0.1, 0.15) is 47.7 Å². The molecule has 0 atom stereocenters. The Hall–Kier alpha value is -3.03. The molecule has 1 amide bonds. The number of aromatic nitrogens is 4. The third kappa shape index (κ3) is 4.27. The van der Waals surface area contributed by atoms with E-state index in [4.69, 9.17) is 0 Å². The van der Waals surface area contributed by atoms with Crippen LogP contribution in [0.3, 0.4) is 0 Å². The Morgan fingerprint density at radius 1 is 1.25 bits per heavy atom. The van der Waals surface area contributed by atoms with E-state index in [-0.39, 0.29) is 24.1 Å². The number of carbonyl (C=O) groups excluding carboxylic acids is 1. The van der Waals surface area contributed by atoms with Crippen LogP contribution in [0.5, 0.6) is 0 Å². The van der Waals surface area contributed by atoms with Crippen molar-refractivity contribution < 1.29 is 13.6 Å². The fourth-order valence-electron chi connectivity index (χ4n) is 3.23. The lowest BCUT2D eigenvalue weighted by Gasteiger charge is -2.07. The molecule has 0 aliphatic heterocycles. The fraction of sp³-hybridized carbons (Fsp3) is 0.350. The molecule has 1 aliphatic rings. The second-order valence-electron chi connectivity index (χ2n) is 7.16. The van der Waals surface area contributed by atoms with Crippen LogP contribution in [0.2, 0.25) is 0 Å². The number of nitrogens with zero attached hydrogens (tertiary/aromatic N) is 4. The first kappa shape index (κ1) is 18.3. The monoisotopic (exact) mass is 385 g/mol. The predicted octanol–water partition coefficient (Wildman–Crippen LogP) is 3.89. The van der Waals surface area contributed by atoms with Crippen molar-refractivity contribution in [2.24, 2.45) is 0 Å². The van der Waals surface area contributed by atoms with Crippen molar-refractivity contribution >= 4 is 11.7 Å². The summed E-state index contributed by atoms with van der Waals surface area (Å²) in [6.07, 6.45) is 1.04. The van der Waals surface area contributed by atoms with E-state index < -0.39 is 6.43 Å². The molecule has 28 heavy (non-hydrogen) atoms. The van der Waals surface area contributed by atoms with Crippen molar-refractivity contribution in [2.75, 3.05) is 5.32 Å². The van der Waals surface area contributed by atoms with Gasteiger partial charge in [0.15, 0.2) is 5.82 Å². The number of halogens is 2. The van der Waals surface area contributed by atoms with Crippen LogP contribution in [0, 0.1) is 6.92 Å². The highest BCUT2D eigenvalue weighted by atomic mass is 19.3. The predicted molar refractivity (Wildman–Crippen MR) is 100 cm³/mol. The van der Waals surface area contributed by atoms with Crippen LogP contribution >= 0.6 is 0 Å². The zero-order valence-corrected chi connectivity index (χ0v) is 15.5. The maximum absolute atomic E-state index is 12.9. The molecule has 0 bridgehead atoms. The Balaban J connectivity index is 1.40. The molecule has 4 rings (SSSR count).